The number of likely N-dealkylation sites (tertiary alicyclic amines) is 1. The fraction of sp³-hybridized carbons (Fsp3) is 0.706. The highest BCUT2D eigenvalue weighted by Gasteiger charge is 2.22. The van der Waals surface area contributed by atoms with Gasteiger partial charge in [0.15, 0.2) is 5.82 Å². The molecule has 7 nitrogen and oxygen atoms in total. The van der Waals surface area contributed by atoms with Crippen LogP contribution >= 0.6 is 0 Å². The van der Waals surface area contributed by atoms with E-state index in [1.165, 1.54) is 4.68 Å². The number of aromatic nitrogens is 4. The molecule has 144 valence electrons. The molecule has 0 amide bonds. The third-order valence-corrected chi connectivity index (χ3v) is 4.79. The van der Waals surface area contributed by atoms with Gasteiger partial charge in [-0.05, 0) is 39.4 Å². The summed E-state index contributed by atoms with van der Waals surface area (Å²) in [6, 6.07) is 0.473. The van der Waals surface area contributed by atoms with Crippen molar-refractivity contribution in [2.75, 3.05) is 20.1 Å². The molecular weight excluding hydrogens is 342 g/mol. The van der Waals surface area contributed by atoms with E-state index in [4.69, 9.17) is 4.52 Å². The molecule has 1 aliphatic heterocycles. The number of hydrogen-bond acceptors (Lipinski definition) is 6. The second-order valence-electron chi connectivity index (χ2n) is 6.97. The van der Waals surface area contributed by atoms with Crippen LogP contribution in [0.3, 0.4) is 0 Å². The number of hydrogen-bond donors (Lipinski definition) is 0. The van der Waals surface area contributed by atoms with E-state index in [1.54, 1.807) is 19.3 Å². The number of halogens is 2. The first-order chi connectivity index (χ1) is 12.5. The first kappa shape index (κ1) is 18.9. The van der Waals surface area contributed by atoms with E-state index in [9.17, 15) is 8.78 Å². The van der Waals surface area contributed by atoms with Gasteiger partial charge in [0.25, 0.3) is 6.43 Å². The van der Waals surface area contributed by atoms with Crippen molar-refractivity contribution in [3.63, 3.8) is 0 Å². The summed E-state index contributed by atoms with van der Waals surface area (Å²) in [4.78, 5) is 8.93. The van der Waals surface area contributed by atoms with E-state index in [0.717, 1.165) is 50.3 Å². The Morgan fingerprint density at radius 2 is 2.19 bits per heavy atom. The summed E-state index contributed by atoms with van der Waals surface area (Å²) in [5, 5.41) is 7.98. The van der Waals surface area contributed by atoms with Gasteiger partial charge in [-0.1, -0.05) is 5.16 Å². The molecule has 26 heavy (non-hydrogen) atoms. The minimum absolute atomic E-state index is 0.345. The van der Waals surface area contributed by atoms with Crippen LogP contribution in [0.15, 0.2) is 16.9 Å². The lowest BCUT2D eigenvalue weighted by Crippen LogP contribution is -2.33. The van der Waals surface area contributed by atoms with Crippen molar-refractivity contribution in [2.45, 2.75) is 58.3 Å². The number of aryl methyl sites for hydroxylation is 1. The maximum absolute atomic E-state index is 12.4. The van der Waals surface area contributed by atoms with E-state index in [0.29, 0.717) is 18.5 Å². The average Bonchev–Trinajstić information content (AvgIpc) is 3.10. The Kier molecular flexibility index (Phi) is 6.31. The van der Waals surface area contributed by atoms with Crippen molar-refractivity contribution in [3.05, 3.63) is 29.7 Å². The Morgan fingerprint density at radius 1 is 1.35 bits per heavy atom. The molecule has 1 fully saturated rings. The van der Waals surface area contributed by atoms with E-state index in [1.807, 2.05) is 0 Å². The second-order valence-corrected chi connectivity index (χ2v) is 6.97. The average molecular weight is 368 g/mol. The Labute approximate surface area is 152 Å². The molecule has 0 N–H and O–H groups in total. The lowest BCUT2D eigenvalue weighted by Gasteiger charge is -2.26. The smallest absolute Gasteiger partial charge is 0.257 e. The molecule has 2 aromatic rings. The molecule has 1 unspecified atom stereocenters. The van der Waals surface area contributed by atoms with Gasteiger partial charge in [-0.2, -0.15) is 10.1 Å². The molecule has 3 rings (SSSR count). The number of alkyl halides is 2. The van der Waals surface area contributed by atoms with Gasteiger partial charge in [0.05, 0.1) is 12.7 Å². The van der Waals surface area contributed by atoms with Crippen LogP contribution in [0, 0.1) is 6.92 Å². The van der Waals surface area contributed by atoms with Crippen molar-refractivity contribution < 1.29 is 13.3 Å². The Bertz CT molecular complexity index is 688. The van der Waals surface area contributed by atoms with Gasteiger partial charge < -0.3 is 4.52 Å². The lowest BCUT2D eigenvalue weighted by atomic mass is 10.1. The maximum Gasteiger partial charge on any atom is 0.257 e. The molecular formula is C17H26F2N6O. The predicted molar refractivity (Wildman–Crippen MR) is 91.6 cm³/mol. The highest BCUT2D eigenvalue weighted by molar-refractivity contribution is 5.04. The molecule has 0 aliphatic carbocycles. The van der Waals surface area contributed by atoms with Gasteiger partial charge in [-0.15, -0.1) is 0 Å². The van der Waals surface area contributed by atoms with Crippen LogP contribution in [0.25, 0.3) is 0 Å². The SMILES string of the molecule is Cc1nc(CN(C)C2CCCN(Cc3cnn(CC(F)F)c3)CC2)no1. The molecule has 0 radical (unpaired) electrons. The molecule has 0 spiro atoms. The molecule has 0 bridgehead atoms. The van der Waals surface area contributed by atoms with Crippen LogP contribution in [0.5, 0.6) is 0 Å². The zero-order valence-corrected chi connectivity index (χ0v) is 15.3. The fourth-order valence-electron chi connectivity index (χ4n) is 3.48. The summed E-state index contributed by atoms with van der Waals surface area (Å²) in [6.07, 6.45) is 4.31. The lowest BCUT2D eigenvalue weighted by molar-refractivity contribution is 0.121. The maximum atomic E-state index is 12.4. The van der Waals surface area contributed by atoms with Crippen molar-refractivity contribution >= 4 is 0 Å². The van der Waals surface area contributed by atoms with Crippen molar-refractivity contribution in [1.82, 2.24) is 29.7 Å². The van der Waals surface area contributed by atoms with E-state index >= 15 is 0 Å². The second kappa shape index (κ2) is 8.68. The molecule has 9 heteroatoms. The van der Waals surface area contributed by atoms with Crippen molar-refractivity contribution in [2.24, 2.45) is 0 Å². The van der Waals surface area contributed by atoms with Crippen LogP contribution in [0.1, 0.15) is 36.5 Å². The van der Waals surface area contributed by atoms with E-state index in [2.05, 4.69) is 32.1 Å². The van der Waals surface area contributed by atoms with Gasteiger partial charge in [0.2, 0.25) is 5.89 Å². The normalized spacial score (nSPS) is 19.4. The van der Waals surface area contributed by atoms with E-state index < -0.39 is 6.43 Å². The largest absolute Gasteiger partial charge is 0.340 e. The molecule has 2 aromatic heterocycles. The van der Waals surface area contributed by atoms with Gasteiger partial charge in [0, 0.05) is 31.3 Å². The van der Waals surface area contributed by atoms with Crippen LogP contribution in [0.4, 0.5) is 8.78 Å². The summed E-state index contributed by atoms with van der Waals surface area (Å²) in [7, 11) is 2.10. The summed E-state index contributed by atoms with van der Waals surface area (Å²) in [5.41, 5.74) is 0.986. The Morgan fingerprint density at radius 3 is 2.92 bits per heavy atom. The summed E-state index contributed by atoms with van der Waals surface area (Å²) in [5.74, 6) is 1.31. The Balaban J connectivity index is 1.49. The number of rotatable bonds is 7. The highest BCUT2D eigenvalue weighted by atomic mass is 19.3. The first-order valence-corrected chi connectivity index (χ1v) is 9.01. The molecule has 3 heterocycles. The van der Waals surface area contributed by atoms with E-state index in [-0.39, 0.29) is 6.54 Å². The zero-order valence-electron chi connectivity index (χ0n) is 15.3. The Hall–Kier alpha value is -1.87. The standard InChI is InChI=1S/C17H26F2N6O/c1-13-21-17(22-26-13)12-23(2)15-4-3-6-24(7-5-15)9-14-8-20-25(10-14)11-16(18)19/h8,10,15-16H,3-7,9,11-12H2,1-2H3. The summed E-state index contributed by atoms with van der Waals surface area (Å²) >= 11 is 0. The molecule has 1 aliphatic rings. The van der Waals surface area contributed by atoms with Crippen LogP contribution < -0.4 is 0 Å². The van der Waals surface area contributed by atoms with Crippen LogP contribution in [-0.2, 0) is 19.6 Å². The quantitative estimate of drug-likeness (QED) is 0.747. The fourth-order valence-corrected chi connectivity index (χ4v) is 3.48. The minimum Gasteiger partial charge on any atom is -0.340 e. The minimum atomic E-state index is -2.37. The molecule has 0 saturated carbocycles. The summed E-state index contributed by atoms with van der Waals surface area (Å²) < 4.78 is 31.2. The summed E-state index contributed by atoms with van der Waals surface area (Å²) in [6.45, 7) is 4.87. The van der Waals surface area contributed by atoms with Gasteiger partial charge in [0.1, 0.15) is 6.54 Å². The third kappa shape index (κ3) is 5.31. The van der Waals surface area contributed by atoms with Gasteiger partial charge >= 0.3 is 0 Å². The third-order valence-electron chi connectivity index (χ3n) is 4.79. The first-order valence-electron chi connectivity index (χ1n) is 9.01. The monoisotopic (exact) mass is 368 g/mol. The van der Waals surface area contributed by atoms with Crippen molar-refractivity contribution in [3.8, 4) is 0 Å². The van der Waals surface area contributed by atoms with Crippen molar-refractivity contribution in [1.29, 1.82) is 0 Å². The van der Waals surface area contributed by atoms with Crippen LogP contribution in [-0.4, -0.2) is 62.3 Å². The number of nitrogens with zero attached hydrogens (tertiary/aromatic N) is 6. The van der Waals surface area contributed by atoms with Gasteiger partial charge in [-0.25, -0.2) is 8.78 Å². The topological polar surface area (TPSA) is 63.2 Å². The van der Waals surface area contributed by atoms with Gasteiger partial charge in [-0.3, -0.25) is 14.5 Å². The molecule has 1 saturated heterocycles. The zero-order chi connectivity index (χ0) is 18.5. The predicted octanol–water partition coefficient (Wildman–Crippen LogP) is 2.33. The van der Waals surface area contributed by atoms with Crippen LogP contribution in [0.2, 0.25) is 0 Å². The molecule has 1 atom stereocenters. The highest BCUT2D eigenvalue weighted by Crippen LogP contribution is 2.19. The molecule has 0 aromatic carbocycles.